The highest BCUT2D eigenvalue weighted by Crippen LogP contribution is 2.22. The molecule has 0 bridgehead atoms. The molecule has 1 aromatic heterocycles. The van der Waals surface area contributed by atoms with E-state index in [2.05, 4.69) is 20.4 Å². The van der Waals surface area contributed by atoms with Crippen molar-refractivity contribution in [3.8, 4) is 11.5 Å². The standard InChI is InChI=1S/C22H24N6O5/c1-26(15-21-24-25-22(33-21)16-2-6-19(7-3-16)28(30)31)14-20(29)23-17-4-8-18(9-5-17)27-10-12-32-13-11-27/h2-9H,10-15H2,1H3,(H,23,29). The highest BCUT2D eigenvalue weighted by atomic mass is 16.6. The van der Waals surface area contributed by atoms with Gasteiger partial charge < -0.3 is 19.4 Å². The first kappa shape index (κ1) is 22.4. The molecule has 1 amide bonds. The number of nitro benzene ring substituents is 1. The average Bonchev–Trinajstić information content (AvgIpc) is 3.28. The van der Waals surface area contributed by atoms with Crippen LogP contribution in [0.4, 0.5) is 17.1 Å². The second-order valence-electron chi connectivity index (χ2n) is 7.67. The van der Waals surface area contributed by atoms with Crippen LogP contribution in [0.2, 0.25) is 0 Å². The Morgan fingerprint density at radius 1 is 1.12 bits per heavy atom. The fourth-order valence-electron chi connectivity index (χ4n) is 3.47. The van der Waals surface area contributed by atoms with Crippen molar-refractivity contribution in [2.24, 2.45) is 0 Å². The quantitative estimate of drug-likeness (QED) is 0.405. The Morgan fingerprint density at radius 3 is 2.48 bits per heavy atom. The summed E-state index contributed by atoms with van der Waals surface area (Å²) in [5.74, 6) is 0.443. The lowest BCUT2D eigenvalue weighted by atomic mass is 10.2. The minimum atomic E-state index is -0.471. The fourth-order valence-corrected chi connectivity index (χ4v) is 3.47. The highest BCUT2D eigenvalue weighted by molar-refractivity contribution is 5.92. The minimum absolute atomic E-state index is 0.0139. The Labute approximate surface area is 190 Å². The van der Waals surface area contributed by atoms with Gasteiger partial charge in [-0.3, -0.25) is 19.8 Å². The predicted molar refractivity (Wildman–Crippen MR) is 121 cm³/mol. The van der Waals surface area contributed by atoms with Crippen molar-refractivity contribution in [2.75, 3.05) is 50.1 Å². The molecule has 0 atom stereocenters. The maximum atomic E-state index is 12.4. The Hall–Kier alpha value is -3.83. The average molecular weight is 452 g/mol. The van der Waals surface area contributed by atoms with E-state index in [9.17, 15) is 14.9 Å². The summed E-state index contributed by atoms with van der Waals surface area (Å²) >= 11 is 0. The number of hydrogen-bond donors (Lipinski definition) is 1. The third-order valence-corrected chi connectivity index (χ3v) is 5.14. The van der Waals surface area contributed by atoms with E-state index in [1.807, 2.05) is 24.3 Å². The molecule has 33 heavy (non-hydrogen) atoms. The Balaban J connectivity index is 1.27. The maximum absolute atomic E-state index is 12.4. The molecule has 11 nitrogen and oxygen atoms in total. The summed E-state index contributed by atoms with van der Waals surface area (Å²) in [6, 6.07) is 13.6. The van der Waals surface area contributed by atoms with E-state index >= 15 is 0 Å². The second kappa shape index (κ2) is 10.2. The van der Waals surface area contributed by atoms with Gasteiger partial charge in [0, 0.05) is 42.2 Å². The maximum Gasteiger partial charge on any atom is 0.269 e. The summed E-state index contributed by atoms with van der Waals surface area (Å²) in [7, 11) is 1.77. The molecule has 1 fully saturated rings. The van der Waals surface area contributed by atoms with Crippen LogP contribution in [0.25, 0.3) is 11.5 Å². The van der Waals surface area contributed by atoms with Crippen LogP contribution in [-0.2, 0) is 16.1 Å². The number of aromatic nitrogens is 2. The molecule has 0 saturated carbocycles. The van der Waals surface area contributed by atoms with Gasteiger partial charge in [-0.2, -0.15) is 0 Å². The SMILES string of the molecule is CN(CC(=O)Nc1ccc(N2CCOCC2)cc1)Cc1nnc(-c2ccc([N+](=O)[O-])cc2)o1. The van der Waals surface area contributed by atoms with Crippen molar-refractivity contribution in [3.63, 3.8) is 0 Å². The number of nitrogens with one attached hydrogen (secondary N) is 1. The number of likely N-dealkylation sites (N-methyl/N-ethyl adjacent to an activating group) is 1. The molecule has 0 radical (unpaired) electrons. The van der Waals surface area contributed by atoms with Gasteiger partial charge in [0.25, 0.3) is 5.69 Å². The van der Waals surface area contributed by atoms with Gasteiger partial charge in [-0.1, -0.05) is 0 Å². The van der Waals surface area contributed by atoms with Crippen LogP contribution in [0.3, 0.4) is 0 Å². The number of hydrogen-bond acceptors (Lipinski definition) is 9. The van der Waals surface area contributed by atoms with E-state index in [-0.39, 0.29) is 30.6 Å². The number of amides is 1. The lowest BCUT2D eigenvalue weighted by Crippen LogP contribution is -2.36. The van der Waals surface area contributed by atoms with Crippen LogP contribution in [-0.4, -0.2) is 65.8 Å². The van der Waals surface area contributed by atoms with Gasteiger partial charge in [0.15, 0.2) is 0 Å². The Kier molecular flexibility index (Phi) is 6.91. The smallest absolute Gasteiger partial charge is 0.269 e. The normalized spacial score (nSPS) is 13.8. The van der Waals surface area contributed by atoms with Gasteiger partial charge in [0.1, 0.15) is 0 Å². The van der Waals surface area contributed by atoms with E-state index in [0.29, 0.717) is 11.5 Å². The zero-order valence-corrected chi connectivity index (χ0v) is 18.1. The number of benzene rings is 2. The molecule has 11 heteroatoms. The van der Waals surface area contributed by atoms with Gasteiger partial charge in [0.2, 0.25) is 17.7 Å². The predicted octanol–water partition coefficient (Wildman–Crippen LogP) is 2.55. The van der Waals surface area contributed by atoms with Crippen LogP contribution >= 0.6 is 0 Å². The number of carbonyl (C=O) groups is 1. The molecule has 172 valence electrons. The fraction of sp³-hybridized carbons (Fsp3) is 0.318. The highest BCUT2D eigenvalue weighted by Gasteiger charge is 2.15. The van der Waals surface area contributed by atoms with Crippen LogP contribution < -0.4 is 10.2 Å². The Bertz CT molecular complexity index is 1090. The first-order valence-corrected chi connectivity index (χ1v) is 10.5. The van der Waals surface area contributed by atoms with E-state index in [0.717, 1.165) is 37.7 Å². The number of morpholine rings is 1. The molecule has 0 aliphatic carbocycles. The number of carbonyl (C=O) groups excluding carboxylic acids is 1. The Morgan fingerprint density at radius 2 is 1.82 bits per heavy atom. The van der Waals surface area contributed by atoms with Crippen LogP contribution in [0, 0.1) is 10.1 Å². The lowest BCUT2D eigenvalue weighted by Gasteiger charge is -2.28. The first-order valence-electron chi connectivity index (χ1n) is 10.5. The molecule has 4 rings (SSSR count). The molecule has 3 aromatic rings. The van der Waals surface area contributed by atoms with Crippen LogP contribution in [0.5, 0.6) is 0 Å². The molecular weight excluding hydrogens is 428 g/mol. The number of anilines is 2. The van der Waals surface area contributed by atoms with Gasteiger partial charge in [-0.05, 0) is 43.4 Å². The second-order valence-corrected chi connectivity index (χ2v) is 7.67. The van der Waals surface area contributed by atoms with Crippen molar-refractivity contribution in [2.45, 2.75) is 6.54 Å². The number of nitrogens with zero attached hydrogens (tertiary/aromatic N) is 5. The number of rotatable bonds is 8. The third-order valence-electron chi connectivity index (χ3n) is 5.14. The topological polar surface area (TPSA) is 127 Å². The van der Waals surface area contributed by atoms with Gasteiger partial charge in [-0.25, -0.2) is 0 Å². The monoisotopic (exact) mass is 452 g/mol. The summed E-state index contributed by atoms with van der Waals surface area (Å²) in [5, 5.41) is 21.6. The van der Waals surface area contributed by atoms with Gasteiger partial charge >= 0.3 is 0 Å². The van der Waals surface area contributed by atoms with E-state index in [1.54, 1.807) is 24.1 Å². The van der Waals surface area contributed by atoms with Gasteiger partial charge in [-0.15, -0.1) is 10.2 Å². The van der Waals surface area contributed by atoms with Crippen LogP contribution in [0.15, 0.2) is 52.9 Å². The summed E-state index contributed by atoms with van der Waals surface area (Å²) in [6.07, 6.45) is 0. The molecule has 1 aliphatic heterocycles. The lowest BCUT2D eigenvalue weighted by molar-refractivity contribution is -0.384. The molecule has 2 aromatic carbocycles. The minimum Gasteiger partial charge on any atom is -0.419 e. The van der Waals surface area contributed by atoms with Crippen molar-refractivity contribution < 1.29 is 18.9 Å². The zero-order valence-electron chi connectivity index (χ0n) is 18.1. The van der Waals surface area contributed by atoms with Gasteiger partial charge in [0.05, 0.1) is 31.2 Å². The number of nitro groups is 1. The molecule has 1 saturated heterocycles. The summed E-state index contributed by atoms with van der Waals surface area (Å²) in [6.45, 7) is 3.58. The van der Waals surface area contributed by atoms with Crippen molar-refractivity contribution in [3.05, 3.63) is 64.5 Å². The summed E-state index contributed by atoms with van der Waals surface area (Å²) < 4.78 is 11.0. The summed E-state index contributed by atoms with van der Waals surface area (Å²) in [4.78, 5) is 26.7. The largest absolute Gasteiger partial charge is 0.419 e. The first-order chi connectivity index (χ1) is 16.0. The molecule has 1 aliphatic rings. The van der Waals surface area contributed by atoms with E-state index in [1.165, 1.54) is 12.1 Å². The number of non-ortho nitro benzene ring substituents is 1. The zero-order chi connectivity index (χ0) is 23.2. The number of ether oxygens (including phenoxy) is 1. The van der Waals surface area contributed by atoms with Crippen LogP contribution in [0.1, 0.15) is 5.89 Å². The van der Waals surface area contributed by atoms with E-state index < -0.39 is 4.92 Å². The van der Waals surface area contributed by atoms with E-state index in [4.69, 9.17) is 9.15 Å². The third kappa shape index (κ3) is 5.90. The van der Waals surface area contributed by atoms with Crippen molar-refractivity contribution >= 4 is 23.0 Å². The molecule has 1 N–H and O–H groups in total. The molecule has 0 unspecified atom stereocenters. The van der Waals surface area contributed by atoms with Crippen molar-refractivity contribution in [1.82, 2.24) is 15.1 Å². The molecular formula is C22H24N6O5. The summed E-state index contributed by atoms with van der Waals surface area (Å²) in [5.41, 5.74) is 2.40. The molecule has 0 spiro atoms. The van der Waals surface area contributed by atoms with Crippen molar-refractivity contribution in [1.29, 1.82) is 0 Å². The molecule has 2 heterocycles.